The summed E-state index contributed by atoms with van der Waals surface area (Å²) in [7, 11) is 0. The zero-order chi connectivity index (χ0) is 12.3. The average molecular weight is 314 g/mol. The lowest BCUT2D eigenvalue weighted by Crippen LogP contribution is -2.16. The van der Waals surface area contributed by atoms with Crippen LogP contribution in [0.4, 0.5) is 0 Å². The summed E-state index contributed by atoms with van der Waals surface area (Å²) in [4.78, 5) is 0.385. The van der Waals surface area contributed by atoms with Gasteiger partial charge in [-0.15, -0.1) is 0 Å². The van der Waals surface area contributed by atoms with Crippen molar-refractivity contribution >= 4 is 33.1 Å². The number of benzene rings is 1. The normalized spacial score (nSPS) is 15.4. The minimum absolute atomic E-state index is 0.385. The molecule has 0 bridgehead atoms. The van der Waals surface area contributed by atoms with Gasteiger partial charge in [-0.1, -0.05) is 47.4 Å². The molecule has 0 radical (unpaired) electrons. The van der Waals surface area contributed by atoms with E-state index in [1.807, 2.05) is 18.2 Å². The van der Waals surface area contributed by atoms with E-state index in [-0.39, 0.29) is 0 Å². The summed E-state index contributed by atoms with van der Waals surface area (Å²) in [5.74, 6) is 1.64. The van der Waals surface area contributed by atoms with Crippen molar-refractivity contribution in [3.05, 3.63) is 28.2 Å². The van der Waals surface area contributed by atoms with Crippen molar-refractivity contribution in [2.24, 2.45) is 11.7 Å². The van der Waals surface area contributed by atoms with Crippen LogP contribution in [0, 0.1) is 5.92 Å². The molecule has 92 valence electrons. The molecule has 2 N–H and O–H groups in total. The smallest absolute Gasteiger partial charge is 0.130 e. The Hall–Kier alpha value is -0.610. The van der Waals surface area contributed by atoms with E-state index in [9.17, 15) is 0 Å². The van der Waals surface area contributed by atoms with Gasteiger partial charge in [-0.2, -0.15) is 0 Å². The molecule has 1 aromatic rings. The lowest BCUT2D eigenvalue weighted by atomic mass is 9.83. The maximum absolute atomic E-state index is 5.79. The molecule has 2 rings (SSSR count). The molecule has 1 aliphatic carbocycles. The minimum Gasteiger partial charge on any atom is -0.493 e. The third-order valence-electron chi connectivity index (χ3n) is 3.22. The van der Waals surface area contributed by atoms with Gasteiger partial charge < -0.3 is 10.5 Å². The first-order chi connectivity index (χ1) is 8.16. The van der Waals surface area contributed by atoms with Gasteiger partial charge in [0.25, 0.3) is 0 Å². The predicted molar refractivity (Wildman–Crippen MR) is 77.5 cm³/mol. The first kappa shape index (κ1) is 12.8. The molecule has 1 fully saturated rings. The van der Waals surface area contributed by atoms with Crippen LogP contribution in [0.3, 0.4) is 0 Å². The number of ether oxygens (including phenoxy) is 1. The first-order valence-electron chi connectivity index (χ1n) is 5.89. The summed E-state index contributed by atoms with van der Waals surface area (Å²) < 4.78 is 6.77. The largest absolute Gasteiger partial charge is 0.493 e. The number of hydrogen-bond donors (Lipinski definition) is 1. The number of thiocarbonyl (C=S) groups is 1. The highest BCUT2D eigenvalue weighted by Crippen LogP contribution is 2.30. The minimum atomic E-state index is 0.385. The lowest BCUT2D eigenvalue weighted by molar-refractivity contribution is 0.222. The van der Waals surface area contributed by atoms with Crippen LogP contribution in [0.2, 0.25) is 0 Å². The summed E-state index contributed by atoms with van der Waals surface area (Å²) in [6.45, 7) is 0.747. The molecule has 4 heteroatoms. The molecule has 1 saturated carbocycles. The third-order valence-corrected chi connectivity index (χ3v) is 3.93. The molecule has 0 aromatic heterocycles. The second-order valence-electron chi connectivity index (χ2n) is 4.44. The SMILES string of the molecule is NC(=S)c1ccc(Br)cc1OCCC1CCC1. The number of hydrogen-bond acceptors (Lipinski definition) is 2. The van der Waals surface area contributed by atoms with Gasteiger partial charge in [0, 0.05) is 4.47 Å². The zero-order valence-corrected chi connectivity index (χ0v) is 12.0. The molecule has 0 unspecified atom stereocenters. The van der Waals surface area contributed by atoms with Gasteiger partial charge in [-0.05, 0) is 30.5 Å². The number of halogens is 1. The molecule has 17 heavy (non-hydrogen) atoms. The van der Waals surface area contributed by atoms with Crippen molar-refractivity contribution in [1.29, 1.82) is 0 Å². The summed E-state index contributed by atoms with van der Waals surface area (Å²) >= 11 is 8.44. The van der Waals surface area contributed by atoms with Gasteiger partial charge in [0.05, 0.1) is 12.2 Å². The summed E-state index contributed by atoms with van der Waals surface area (Å²) in [6.07, 6.45) is 5.21. The Balaban J connectivity index is 1.97. The van der Waals surface area contributed by atoms with E-state index in [0.717, 1.165) is 34.7 Å². The average Bonchev–Trinajstić information content (AvgIpc) is 2.21. The maximum Gasteiger partial charge on any atom is 0.130 e. The highest BCUT2D eigenvalue weighted by Gasteiger charge is 2.17. The van der Waals surface area contributed by atoms with Gasteiger partial charge in [0.2, 0.25) is 0 Å². The van der Waals surface area contributed by atoms with Gasteiger partial charge in [-0.3, -0.25) is 0 Å². The van der Waals surface area contributed by atoms with Crippen LogP contribution < -0.4 is 10.5 Å². The first-order valence-corrected chi connectivity index (χ1v) is 7.09. The molecule has 0 amide bonds. The van der Waals surface area contributed by atoms with Gasteiger partial charge in [-0.25, -0.2) is 0 Å². The Kier molecular flexibility index (Phi) is 4.40. The summed E-state index contributed by atoms with van der Waals surface area (Å²) in [5.41, 5.74) is 6.49. The third kappa shape index (κ3) is 3.42. The van der Waals surface area contributed by atoms with Crippen LogP contribution in [-0.4, -0.2) is 11.6 Å². The molecule has 1 aliphatic rings. The van der Waals surface area contributed by atoms with Crippen molar-refractivity contribution in [1.82, 2.24) is 0 Å². The molecular formula is C13H16BrNOS. The Morgan fingerprint density at radius 1 is 1.47 bits per heavy atom. The van der Waals surface area contributed by atoms with Crippen molar-refractivity contribution in [3.8, 4) is 5.75 Å². The van der Waals surface area contributed by atoms with E-state index in [2.05, 4.69) is 15.9 Å². The van der Waals surface area contributed by atoms with Crippen molar-refractivity contribution in [3.63, 3.8) is 0 Å². The maximum atomic E-state index is 5.79. The second kappa shape index (κ2) is 5.83. The van der Waals surface area contributed by atoms with E-state index in [4.69, 9.17) is 22.7 Å². The van der Waals surface area contributed by atoms with Crippen LogP contribution in [-0.2, 0) is 0 Å². The topological polar surface area (TPSA) is 35.2 Å². The Morgan fingerprint density at radius 2 is 2.24 bits per heavy atom. The molecule has 0 spiro atoms. The van der Waals surface area contributed by atoms with Crippen LogP contribution in [0.1, 0.15) is 31.2 Å². The fraction of sp³-hybridized carbons (Fsp3) is 0.462. The molecule has 0 heterocycles. The summed E-state index contributed by atoms with van der Waals surface area (Å²) in [6, 6.07) is 5.74. The fourth-order valence-corrected chi connectivity index (χ4v) is 2.44. The van der Waals surface area contributed by atoms with Gasteiger partial charge >= 0.3 is 0 Å². The lowest BCUT2D eigenvalue weighted by Gasteiger charge is -2.25. The molecule has 1 aromatic carbocycles. The van der Waals surface area contributed by atoms with E-state index in [1.54, 1.807) is 0 Å². The van der Waals surface area contributed by atoms with Crippen LogP contribution in [0.5, 0.6) is 5.75 Å². The Morgan fingerprint density at radius 3 is 2.82 bits per heavy atom. The molecule has 0 saturated heterocycles. The van der Waals surface area contributed by atoms with Crippen molar-refractivity contribution in [2.75, 3.05) is 6.61 Å². The van der Waals surface area contributed by atoms with Crippen LogP contribution in [0.25, 0.3) is 0 Å². The van der Waals surface area contributed by atoms with Gasteiger partial charge in [0.15, 0.2) is 0 Å². The quantitative estimate of drug-likeness (QED) is 0.843. The Labute approximate surface area is 116 Å². The van der Waals surface area contributed by atoms with Crippen molar-refractivity contribution < 1.29 is 4.74 Å². The van der Waals surface area contributed by atoms with E-state index in [1.165, 1.54) is 19.3 Å². The molecule has 2 nitrogen and oxygen atoms in total. The standard InChI is InChI=1S/C13H16BrNOS/c14-10-4-5-11(13(15)17)12(8-10)16-7-6-9-2-1-3-9/h4-5,8-9H,1-3,6-7H2,(H2,15,17). The van der Waals surface area contributed by atoms with Crippen molar-refractivity contribution in [2.45, 2.75) is 25.7 Å². The monoisotopic (exact) mass is 313 g/mol. The highest BCUT2D eigenvalue weighted by atomic mass is 79.9. The fourth-order valence-electron chi connectivity index (χ4n) is 1.94. The Bertz CT molecular complexity index is 418. The molecule has 0 atom stereocenters. The van der Waals surface area contributed by atoms with Crippen LogP contribution in [0.15, 0.2) is 22.7 Å². The molecule has 0 aliphatic heterocycles. The predicted octanol–water partition coefficient (Wildman–Crippen LogP) is 3.65. The van der Waals surface area contributed by atoms with Crippen LogP contribution >= 0.6 is 28.1 Å². The number of rotatable bonds is 5. The zero-order valence-electron chi connectivity index (χ0n) is 9.62. The molecular weight excluding hydrogens is 298 g/mol. The number of nitrogens with two attached hydrogens (primary N) is 1. The van der Waals surface area contributed by atoms with E-state index >= 15 is 0 Å². The van der Waals surface area contributed by atoms with E-state index in [0.29, 0.717) is 4.99 Å². The van der Waals surface area contributed by atoms with E-state index < -0.39 is 0 Å². The van der Waals surface area contributed by atoms with Gasteiger partial charge in [0.1, 0.15) is 10.7 Å². The second-order valence-corrected chi connectivity index (χ2v) is 5.79. The highest BCUT2D eigenvalue weighted by molar-refractivity contribution is 9.10. The summed E-state index contributed by atoms with van der Waals surface area (Å²) in [5, 5.41) is 0.